The predicted molar refractivity (Wildman–Crippen MR) is 81.5 cm³/mol. The van der Waals surface area contributed by atoms with Crippen LogP contribution in [0.5, 0.6) is 0 Å². The minimum absolute atomic E-state index is 0. The quantitative estimate of drug-likeness (QED) is 0.868. The standard InChI is InChI=1S/C15H16ClN.ClH/c1-2-17-11-12-8-9-14(15(16)10-12)13-6-4-3-5-7-13;/h3-10,17H,2,11H2,1H3;1H. The lowest BCUT2D eigenvalue weighted by atomic mass is 10.0. The number of hydrogen-bond donors (Lipinski definition) is 1. The SMILES string of the molecule is CCNCc1ccc(-c2ccccc2)c(Cl)c1.Cl. The molecule has 0 heterocycles. The van der Waals surface area contributed by atoms with Gasteiger partial charge in [-0.25, -0.2) is 0 Å². The van der Waals surface area contributed by atoms with E-state index < -0.39 is 0 Å². The van der Waals surface area contributed by atoms with E-state index in [2.05, 4.69) is 36.5 Å². The summed E-state index contributed by atoms with van der Waals surface area (Å²) in [5.74, 6) is 0. The molecule has 0 saturated heterocycles. The fourth-order valence-corrected chi connectivity index (χ4v) is 2.10. The Balaban J connectivity index is 0.00000162. The molecule has 0 spiro atoms. The Kier molecular flexibility index (Phi) is 6.20. The van der Waals surface area contributed by atoms with Crippen molar-refractivity contribution in [1.82, 2.24) is 5.32 Å². The highest BCUT2D eigenvalue weighted by Gasteiger charge is 2.03. The lowest BCUT2D eigenvalue weighted by Gasteiger charge is -2.07. The second-order valence-corrected chi connectivity index (χ2v) is 4.37. The Labute approximate surface area is 120 Å². The van der Waals surface area contributed by atoms with Crippen LogP contribution >= 0.6 is 24.0 Å². The molecule has 0 unspecified atom stereocenters. The Morgan fingerprint density at radius 3 is 2.39 bits per heavy atom. The van der Waals surface area contributed by atoms with E-state index in [1.165, 1.54) is 5.56 Å². The third kappa shape index (κ3) is 3.74. The highest BCUT2D eigenvalue weighted by Crippen LogP contribution is 2.28. The molecule has 2 rings (SSSR count). The third-order valence-corrected chi connectivity index (χ3v) is 3.01. The van der Waals surface area contributed by atoms with Crippen molar-refractivity contribution in [1.29, 1.82) is 0 Å². The highest BCUT2D eigenvalue weighted by atomic mass is 35.5. The fraction of sp³-hybridized carbons (Fsp3) is 0.200. The molecule has 0 saturated carbocycles. The summed E-state index contributed by atoms with van der Waals surface area (Å²) in [6.07, 6.45) is 0. The second-order valence-electron chi connectivity index (χ2n) is 3.96. The Bertz CT molecular complexity index is 483. The molecule has 2 aromatic carbocycles. The summed E-state index contributed by atoms with van der Waals surface area (Å²) in [4.78, 5) is 0. The molecule has 0 bridgehead atoms. The molecular formula is C15H17Cl2N. The molecule has 3 heteroatoms. The molecule has 0 aliphatic heterocycles. The minimum Gasteiger partial charge on any atom is -0.313 e. The molecule has 0 fully saturated rings. The van der Waals surface area contributed by atoms with Gasteiger partial charge in [-0.15, -0.1) is 12.4 Å². The zero-order valence-electron chi connectivity index (χ0n) is 10.3. The van der Waals surface area contributed by atoms with Crippen LogP contribution in [0.4, 0.5) is 0 Å². The largest absolute Gasteiger partial charge is 0.313 e. The molecule has 0 aliphatic carbocycles. The molecule has 2 aromatic rings. The smallest absolute Gasteiger partial charge is 0.0487 e. The van der Waals surface area contributed by atoms with Crippen molar-refractivity contribution in [3.8, 4) is 11.1 Å². The van der Waals surface area contributed by atoms with Gasteiger partial charge >= 0.3 is 0 Å². The maximum Gasteiger partial charge on any atom is 0.0487 e. The molecular weight excluding hydrogens is 265 g/mol. The van der Waals surface area contributed by atoms with Crippen molar-refractivity contribution in [2.75, 3.05) is 6.54 Å². The molecule has 1 N–H and O–H groups in total. The number of halogens is 2. The van der Waals surface area contributed by atoms with Crippen molar-refractivity contribution in [3.05, 3.63) is 59.1 Å². The van der Waals surface area contributed by atoms with Crippen molar-refractivity contribution in [2.24, 2.45) is 0 Å². The molecule has 0 amide bonds. The first kappa shape index (κ1) is 15.0. The number of benzene rings is 2. The summed E-state index contributed by atoms with van der Waals surface area (Å²) in [5.41, 5.74) is 3.47. The first-order valence-electron chi connectivity index (χ1n) is 5.86. The molecule has 18 heavy (non-hydrogen) atoms. The van der Waals surface area contributed by atoms with Gasteiger partial charge in [0.05, 0.1) is 0 Å². The Morgan fingerprint density at radius 1 is 1.06 bits per heavy atom. The monoisotopic (exact) mass is 281 g/mol. The van der Waals surface area contributed by atoms with E-state index in [0.717, 1.165) is 29.2 Å². The van der Waals surface area contributed by atoms with Gasteiger partial charge in [-0.05, 0) is 23.7 Å². The second kappa shape index (κ2) is 7.42. The average Bonchev–Trinajstić information content (AvgIpc) is 2.37. The lowest BCUT2D eigenvalue weighted by Crippen LogP contribution is -2.11. The normalized spacial score (nSPS) is 9.89. The van der Waals surface area contributed by atoms with Gasteiger partial charge in [0.25, 0.3) is 0 Å². The van der Waals surface area contributed by atoms with Crippen LogP contribution < -0.4 is 5.32 Å². The number of rotatable bonds is 4. The van der Waals surface area contributed by atoms with E-state index in [1.807, 2.05) is 24.3 Å². The van der Waals surface area contributed by atoms with Crippen LogP contribution in [-0.2, 0) is 6.54 Å². The van der Waals surface area contributed by atoms with Gasteiger partial charge in [0.15, 0.2) is 0 Å². The maximum atomic E-state index is 6.32. The van der Waals surface area contributed by atoms with E-state index >= 15 is 0 Å². The highest BCUT2D eigenvalue weighted by molar-refractivity contribution is 6.33. The van der Waals surface area contributed by atoms with Gasteiger partial charge in [-0.1, -0.05) is 61.0 Å². The van der Waals surface area contributed by atoms with E-state index in [9.17, 15) is 0 Å². The predicted octanol–water partition coefficient (Wildman–Crippen LogP) is 4.54. The molecule has 0 atom stereocenters. The average molecular weight is 282 g/mol. The van der Waals surface area contributed by atoms with E-state index in [4.69, 9.17) is 11.6 Å². The van der Waals surface area contributed by atoms with Crippen molar-refractivity contribution in [2.45, 2.75) is 13.5 Å². The number of nitrogens with one attached hydrogen (secondary N) is 1. The Morgan fingerprint density at radius 2 is 1.78 bits per heavy atom. The van der Waals surface area contributed by atoms with Crippen molar-refractivity contribution >= 4 is 24.0 Å². The first-order valence-corrected chi connectivity index (χ1v) is 6.23. The number of hydrogen-bond acceptors (Lipinski definition) is 1. The molecule has 0 aliphatic rings. The fourth-order valence-electron chi connectivity index (χ4n) is 1.79. The van der Waals surface area contributed by atoms with Crippen LogP contribution in [0.25, 0.3) is 11.1 Å². The van der Waals surface area contributed by atoms with Gasteiger partial charge in [-0.2, -0.15) is 0 Å². The third-order valence-electron chi connectivity index (χ3n) is 2.70. The lowest BCUT2D eigenvalue weighted by molar-refractivity contribution is 0.727. The van der Waals surface area contributed by atoms with Gasteiger partial charge in [0.1, 0.15) is 0 Å². The minimum atomic E-state index is 0. The maximum absolute atomic E-state index is 6.32. The topological polar surface area (TPSA) is 12.0 Å². The van der Waals surface area contributed by atoms with E-state index in [0.29, 0.717) is 0 Å². The summed E-state index contributed by atoms with van der Waals surface area (Å²) in [7, 11) is 0. The zero-order valence-corrected chi connectivity index (χ0v) is 11.9. The van der Waals surface area contributed by atoms with Gasteiger partial charge in [-0.3, -0.25) is 0 Å². The van der Waals surface area contributed by atoms with Crippen LogP contribution in [0.2, 0.25) is 5.02 Å². The molecule has 1 nitrogen and oxygen atoms in total. The first-order chi connectivity index (χ1) is 8.31. The van der Waals surface area contributed by atoms with Crippen molar-refractivity contribution < 1.29 is 0 Å². The summed E-state index contributed by atoms with van der Waals surface area (Å²) >= 11 is 6.32. The van der Waals surface area contributed by atoms with Crippen LogP contribution in [0, 0.1) is 0 Å². The van der Waals surface area contributed by atoms with Crippen LogP contribution in [-0.4, -0.2) is 6.54 Å². The Hall–Kier alpha value is -1.02. The van der Waals surface area contributed by atoms with Crippen LogP contribution in [0.15, 0.2) is 48.5 Å². The summed E-state index contributed by atoms with van der Waals surface area (Å²) in [6.45, 7) is 3.93. The summed E-state index contributed by atoms with van der Waals surface area (Å²) < 4.78 is 0. The van der Waals surface area contributed by atoms with Gasteiger partial charge in [0.2, 0.25) is 0 Å². The molecule has 0 aromatic heterocycles. The van der Waals surface area contributed by atoms with Crippen molar-refractivity contribution in [3.63, 3.8) is 0 Å². The van der Waals surface area contributed by atoms with Crippen LogP contribution in [0.1, 0.15) is 12.5 Å². The van der Waals surface area contributed by atoms with E-state index in [-0.39, 0.29) is 12.4 Å². The van der Waals surface area contributed by atoms with E-state index in [1.54, 1.807) is 0 Å². The molecule has 0 radical (unpaired) electrons. The molecule has 96 valence electrons. The van der Waals surface area contributed by atoms with Gasteiger partial charge in [0, 0.05) is 17.1 Å². The zero-order chi connectivity index (χ0) is 12.1. The summed E-state index contributed by atoms with van der Waals surface area (Å²) in [5, 5.41) is 4.10. The van der Waals surface area contributed by atoms with Crippen LogP contribution in [0.3, 0.4) is 0 Å². The summed E-state index contributed by atoms with van der Waals surface area (Å²) in [6, 6.07) is 16.5. The van der Waals surface area contributed by atoms with Gasteiger partial charge < -0.3 is 5.32 Å².